The summed E-state index contributed by atoms with van der Waals surface area (Å²) in [5.41, 5.74) is 1.12. The maximum absolute atomic E-state index is 12.0. The highest BCUT2D eigenvalue weighted by molar-refractivity contribution is 5.82. The summed E-state index contributed by atoms with van der Waals surface area (Å²) in [7, 11) is 0. The second-order valence-electron chi connectivity index (χ2n) is 4.91. The van der Waals surface area contributed by atoms with Crippen LogP contribution in [0.15, 0.2) is 30.3 Å². The van der Waals surface area contributed by atoms with E-state index in [1.54, 1.807) is 0 Å². The first-order valence-corrected chi connectivity index (χ1v) is 6.78. The first kappa shape index (κ1) is 13.2. The van der Waals surface area contributed by atoms with Crippen molar-refractivity contribution in [2.24, 2.45) is 0 Å². The van der Waals surface area contributed by atoms with Crippen molar-refractivity contribution in [3.05, 3.63) is 35.9 Å². The van der Waals surface area contributed by atoms with Crippen LogP contribution in [0, 0.1) is 0 Å². The van der Waals surface area contributed by atoms with Gasteiger partial charge in [-0.05, 0) is 12.1 Å². The van der Waals surface area contributed by atoms with Crippen molar-refractivity contribution < 1.29 is 4.79 Å². The van der Waals surface area contributed by atoms with Gasteiger partial charge in [0.05, 0.1) is 6.54 Å². The number of hydrogen-bond acceptors (Lipinski definition) is 3. The van der Waals surface area contributed by atoms with E-state index in [2.05, 4.69) is 16.7 Å². The molecule has 0 radical (unpaired) electrons. The second-order valence-corrected chi connectivity index (χ2v) is 4.91. The number of Topliss-reactive ketones (excluding diaryl/α,β-unsaturated/α-hetero) is 1. The van der Waals surface area contributed by atoms with Crippen molar-refractivity contribution in [2.75, 3.05) is 39.3 Å². The summed E-state index contributed by atoms with van der Waals surface area (Å²) in [4.78, 5) is 16.7. The molecule has 3 nitrogen and oxygen atoms in total. The number of carbonyl (C=O) groups is 1. The topological polar surface area (TPSA) is 23.6 Å². The fourth-order valence-corrected chi connectivity index (χ4v) is 2.39. The van der Waals surface area contributed by atoms with Gasteiger partial charge in [-0.25, -0.2) is 0 Å². The van der Waals surface area contributed by atoms with E-state index in [0.717, 1.165) is 38.3 Å². The number of nitrogens with zero attached hydrogens (tertiary/aromatic N) is 2. The summed E-state index contributed by atoms with van der Waals surface area (Å²) in [6.45, 7) is 8.14. The minimum Gasteiger partial charge on any atom is -0.301 e. The monoisotopic (exact) mass is 246 g/mol. The summed E-state index contributed by atoms with van der Waals surface area (Å²) >= 11 is 0. The van der Waals surface area contributed by atoms with E-state index >= 15 is 0 Å². The predicted molar refractivity (Wildman–Crippen MR) is 73.7 cm³/mol. The van der Waals surface area contributed by atoms with Crippen LogP contribution in [0.1, 0.15) is 12.5 Å². The van der Waals surface area contributed by atoms with Crippen LogP contribution in [0.5, 0.6) is 0 Å². The number of ketones is 1. The predicted octanol–water partition coefficient (Wildman–Crippen LogP) is 1.44. The number of piperazine rings is 1. The Morgan fingerprint density at radius 2 is 1.67 bits per heavy atom. The smallest absolute Gasteiger partial charge is 0.151 e. The van der Waals surface area contributed by atoms with Crippen LogP contribution in [-0.2, 0) is 11.2 Å². The van der Waals surface area contributed by atoms with Gasteiger partial charge in [0, 0.05) is 32.6 Å². The van der Waals surface area contributed by atoms with Crippen molar-refractivity contribution in [3.63, 3.8) is 0 Å². The molecular formula is C15H22N2O. The molecule has 0 atom stereocenters. The fourth-order valence-electron chi connectivity index (χ4n) is 2.39. The zero-order chi connectivity index (χ0) is 12.8. The maximum atomic E-state index is 12.0. The first-order valence-electron chi connectivity index (χ1n) is 6.78. The van der Waals surface area contributed by atoms with E-state index in [9.17, 15) is 4.79 Å². The molecule has 18 heavy (non-hydrogen) atoms. The molecule has 0 N–H and O–H groups in total. The van der Waals surface area contributed by atoms with Gasteiger partial charge in [0.25, 0.3) is 0 Å². The normalized spacial score (nSPS) is 17.8. The Labute approximate surface area is 109 Å². The van der Waals surface area contributed by atoms with E-state index in [1.807, 2.05) is 30.3 Å². The molecule has 3 heteroatoms. The Kier molecular flexibility index (Phi) is 4.90. The molecule has 0 spiro atoms. The number of rotatable bonds is 5. The molecule has 0 aliphatic carbocycles. The van der Waals surface area contributed by atoms with Crippen molar-refractivity contribution in [2.45, 2.75) is 13.3 Å². The Bertz CT molecular complexity index is 369. The van der Waals surface area contributed by atoms with Gasteiger partial charge in [-0.3, -0.25) is 9.69 Å². The third-order valence-corrected chi connectivity index (χ3v) is 3.56. The van der Waals surface area contributed by atoms with Gasteiger partial charge in [-0.2, -0.15) is 0 Å². The Morgan fingerprint density at radius 1 is 1.06 bits per heavy atom. The number of likely N-dealkylation sites (N-methyl/N-ethyl adjacent to an activating group) is 1. The second kappa shape index (κ2) is 6.66. The Morgan fingerprint density at radius 3 is 2.28 bits per heavy atom. The molecule has 1 fully saturated rings. The average molecular weight is 246 g/mol. The third-order valence-electron chi connectivity index (χ3n) is 3.56. The van der Waals surface area contributed by atoms with E-state index < -0.39 is 0 Å². The molecule has 98 valence electrons. The molecule has 1 aromatic rings. The molecule has 0 bridgehead atoms. The Hall–Kier alpha value is -1.19. The van der Waals surface area contributed by atoms with Crippen LogP contribution in [-0.4, -0.2) is 54.9 Å². The van der Waals surface area contributed by atoms with Gasteiger partial charge in [-0.15, -0.1) is 0 Å². The molecule has 0 saturated carbocycles. The van der Waals surface area contributed by atoms with Gasteiger partial charge in [0.2, 0.25) is 0 Å². The van der Waals surface area contributed by atoms with Crippen LogP contribution < -0.4 is 0 Å². The lowest BCUT2D eigenvalue weighted by atomic mass is 10.1. The molecule has 1 aromatic carbocycles. The highest BCUT2D eigenvalue weighted by atomic mass is 16.1. The van der Waals surface area contributed by atoms with Crippen molar-refractivity contribution >= 4 is 5.78 Å². The van der Waals surface area contributed by atoms with Crippen LogP contribution in [0.3, 0.4) is 0 Å². The highest BCUT2D eigenvalue weighted by Gasteiger charge is 2.17. The summed E-state index contributed by atoms with van der Waals surface area (Å²) < 4.78 is 0. The fraction of sp³-hybridized carbons (Fsp3) is 0.533. The molecule has 1 heterocycles. The van der Waals surface area contributed by atoms with E-state index in [-0.39, 0.29) is 0 Å². The lowest BCUT2D eigenvalue weighted by Gasteiger charge is -2.33. The van der Waals surface area contributed by atoms with Crippen LogP contribution in [0.25, 0.3) is 0 Å². The van der Waals surface area contributed by atoms with Gasteiger partial charge in [0.1, 0.15) is 0 Å². The summed E-state index contributed by atoms with van der Waals surface area (Å²) in [5.74, 6) is 0.325. The highest BCUT2D eigenvalue weighted by Crippen LogP contribution is 2.04. The lowest BCUT2D eigenvalue weighted by molar-refractivity contribution is -0.120. The zero-order valence-corrected chi connectivity index (χ0v) is 11.1. The molecule has 1 aliphatic rings. The van der Waals surface area contributed by atoms with E-state index in [4.69, 9.17) is 0 Å². The zero-order valence-electron chi connectivity index (χ0n) is 11.1. The van der Waals surface area contributed by atoms with Crippen molar-refractivity contribution in [3.8, 4) is 0 Å². The van der Waals surface area contributed by atoms with E-state index in [0.29, 0.717) is 18.7 Å². The summed E-state index contributed by atoms with van der Waals surface area (Å²) in [5, 5.41) is 0. The molecular weight excluding hydrogens is 224 g/mol. The standard InChI is InChI=1S/C15H22N2O/c1-2-16-8-10-17(11-9-16)13-15(18)12-14-6-4-3-5-7-14/h3-7H,2,8-13H2,1H3. The maximum Gasteiger partial charge on any atom is 0.151 e. The Balaban J connectivity index is 1.75. The molecule has 1 saturated heterocycles. The largest absolute Gasteiger partial charge is 0.301 e. The van der Waals surface area contributed by atoms with Gasteiger partial charge < -0.3 is 4.90 Å². The minimum absolute atomic E-state index is 0.325. The van der Waals surface area contributed by atoms with Crippen molar-refractivity contribution in [1.29, 1.82) is 0 Å². The third kappa shape index (κ3) is 3.93. The summed E-state index contributed by atoms with van der Waals surface area (Å²) in [6, 6.07) is 10.0. The number of carbonyl (C=O) groups excluding carboxylic acids is 1. The SMILES string of the molecule is CCN1CCN(CC(=O)Cc2ccccc2)CC1. The molecule has 0 amide bonds. The molecule has 2 rings (SSSR count). The van der Waals surface area contributed by atoms with Gasteiger partial charge in [0.15, 0.2) is 5.78 Å². The van der Waals surface area contributed by atoms with Crippen LogP contribution in [0.4, 0.5) is 0 Å². The number of benzene rings is 1. The average Bonchev–Trinajstić information content (AvgIpc) is 2.40. The molecule has 0 aromatic heterocycles. The van der Waals surface area contributed by atoms with Gasteiger partial charge in [-0.1, -0.05) is 37.3 Å². The number of hydrogen-bond donors (Lipinski definition) is 0. The van der Waals surface area contributed by atoms with Crippen LogP contribution in [0.2, 0.25) is 0 Å². The van der Waals surface area contributed by atoms with Crippen LogP contribution >= 0.6 is 0 Å². The van der Waals surface area contributed by atoms with Gasteiger partial charge >= 0.3 is 0 Å². The quantitative estimate of drug-likeness (QED) is 0.785. The first-order chi connectivity index (χ1) is 8.78. The molecule has 0 unspecified atom stereocenters. The summed E-state index contributed by atoms with van der Waals surface area (Å²) in [6.07, 6.45) is 0.564. The molecule has 1 aliphatic heterocycles. The minimum atomic E-state index is 0.325. The van der Waals surface area contributed by atoms with Crippen molar-refractivity contribution in [1.82, 2.24) is 9.80 Å². The lowest BCUT2D eigenvalue weighted by Crippen LogP contribution is -2.47. The van der Waals surface area contributed by atoms with E-state index in [1.165, 1.54) is 0 Å².